The molecule has 1 aromatic heterocycles. The maximum atomic E-state index is 5.88. The van der Waals surface area contributed by atoms with Crippen LogP contribution >= 0.6 is 24.0 Å². The van der Waals surface area contributed by atoms with Crippen LogP contribution in [-0.2, 0) is 13.1 Å². The number of guanidine groups is 1. The molecule has 1 aliphatic rings. The summed E-state index contributed by atoms with van der Waals surface area (Å²) in [6.07, 6.45) is 3.99. The first-order chi connectivity index (χ1) is 7.72. The summed E-state index contributed by atoms with van der Waals surface area (Å²) < 4.78 is 1.83. The summed E-state index contributed by atoms with van der Waals surface area (Å²) in [5.74, 6) is 1.45. The number of nitrogens with two attached hydrogens (primary N) is 1. The maximum Gasteiger partial charge on any atom is 0.191 e. The Morgan fingerprint density at radius 3 is 2.94 bits per heavy atom. The van der Waals surface area contributed by atoms with E-state index in [2.05, 4.69) is 15.1 Å². The van der Waals surface area contributed by atoms with Crippen molar-refractivity contribution in [3.8, 4) is 0 Å². The van der Waals surface area contributed by atoms with Crippen molar-refractivity contribution in [1.29, 1.82) is 0 Å². The van der Waals surface area contributed by atoms with E-state index < -0.39 is 0 Å². The van der Waals surface area contributed by atoms with Crippen molar-refractivity contribution in [3.05, 3.63) is 12.2 Å². The van der Waals surface area contributed by atoms with Gasteiger partial charge < -0.3 is 10.6 Å². The van der Waals surface area contributed by atoms with Crippen LogP contribution in [0.1, 0.15) is 25.6 Å². The third-order valence-electron chi connectivity index (χ3n) is 2.83. The third kappa shape index (κ3) is 3.55. The lowest BCUT2D eigenvalue weighted by atomic mass is 10.5. The Morgan fingerprint density at radius 1 is 1.65 bits per heavy atom. The minimum atomic E-state index is 0. The molecule has 1 aromatic rings. The van der Waals surface area contributed by atoms with Gasteiger partial charge in [-0.2, -0.15) is 5.10 Å². The van der Waals surface area contributed by atoms with Gasteiger partial charge in [-0.05, 0) is 19.8 Å². The van der Waals surface area contributed by atoms with E-state index in [1.54, 1.807) is 6.33 Å². The zero-order valence-corrected chi connectivity index (χ0v) is 12.5. The first-order valence-electron chi connectivity index (χ1n) is 5.61. The molecule has 96 valence electrons. The van der Waals surface area contributed by atoms with Crippen LogP contribution in [0.25, 0.3) is 0 Å². The van der Waals surface area contributed by atoms with Crippen LogP contribution in [0.2, 0.25) is 0 Å². The lowest BCUT2D eigenvalue weighted by Gasteiger charge is -2.16. The molecule has 2 rings (SSSR count). The molecule has 1 heterocycles. The standard InChI is InChI=1S/C10H18N6.HI/c1-3-16-9(13-7-14-16)6-12-10(11)15(2)8-4-5-8;/h7-8H,3-6H2,1-2H3,(H2,11,12);1H. The summed E-state index contributed by atoms with van der Waals surface area (Å²) in [6, 6.07) is 0.591. The van der Waals surface area contributed by atoms with Gasteiger partial charge >= 0.3 is 0 Å². The fourth-order valence-electron chi connectivity index (χ4n) is 1.59. The molecular formula is C10H19IN6. The van der Waals surface area contributed by atoms with Crippen molar-refractivity contribution in [2.24, 2.45) is 10.7 Å². The van der Waals surface area contributed by atoms with Crippen LogP contribution in [0.15, 0.2) is 11.3 Å². The number of rotatable bonds is 4. The number of nitrogens with zero attached hydrogens (tertiary/aromatic N) is 5. The highest BCUT2D eigenvalue weighted by Gasteiger charge is 2.27. The van der Waals surface area contributed by atoms with Crippen LogP contribution < -0.4 is 5.73 Å². The average molecular weight is 350 g/mol. The topological polar surface area (TPSA) is 72.3 Å². The number of aryl methyl sites for hydroxylation is 1. The summed E-state index contributed by atoms with van der Waals surface area (Å²) in [5.41, 5.74) is 5.88. The van der Waals surface area contributed by atoms with Crippen molar-refractivity contribution in [2.45, 2.75) is 38.9 Å². The van der Waals surface area contributed by atoms with Crippen LogP contribution in [0.4, 0.5) is 0 Å². The Bertz CT molecular complexity index is 384. The molecule has 0 spiro atoms. The van der Waals surface area contributed by atoms with Gasteiger partial charge in [0.25, 0.3) is 0 Å². The fourth-order valence-corrected chi connectivity index (χ4v) is 1.59. The fraction of sp³-hybridized carbons (Fsp3) is 0.700. The molecule has 0 aliphatic heterocycles. The SMILES string of the molecule is CCn1ncnc1CN=C(N)N(C)C1CC1.I. The van der Waals surface area contributed by atoms with E-state index in [1.165, 1.54) is 12.8 Å². The highest BCUT2D eigenvalue weighted by atomic mass is 127. The molecule has 17 heavy (non-hydrogen) atoms. The van der Waals surface area contributed by atoms with Crippen LogP contribution in [-0.4, -0.2) is 38.7 Å². The Morgan fingerprint density at radius 2 is 2.35 bits per heavy atom. The lowest BCUT2D eigenvalue weighted by molar-refractivity contribution is 0.486. The molecule has 0 saturated heterocycles. The highest BCUT2D eigenvalue weighted by molar-refractivity contribution is 14.0. The maximum absolute atomic E-state index is 5.88. The molecule has 7 heteroatoms. The second-order valence-electron chi connectivity index (χ2n) is 4.01. The molecular weight excluding hydrogens is 331 g/mol. The molecule has 1 aliphatic carbocycles. The third-order valence-corrected chi connectivity index (χ3v) is 2.83. The van der Waals surface area contributed by atoms with Crippen molar-refractivity contribution in [3.63, 3.8) is 0 Å². The number of aromatic nitrogens is 3. The molecule has 1 fully saturated rings. The summed E-state index contributed by atoms with van der Waals surface area (Å²) in [6.45, 7) is 3.33. The molecule has 6 nitrogen and oxygen atoms in total. The van der Waals surface area contributed by atoms with E-state index in [0.29, 0.717) is 18.5 Å². The Hall–Kier alpha value is -0.860. The van der Waals surface area contributed by atoms with E-state index >= 15 is 0 Å². The highest BCUT2D eigenvalue weighted by Crippen LogP contribution is 2.24. The van der Waals surface area contributed by atoms with E-state index in [0.717, 1.165) is 12.4 Å². The number of hydrogen-bond donors (Lipinski definition) is 1. The molecule has 0 unspecified atom stereocenters. The van der Waals surface area contributed by atoms with Crippen molar-refractivity contribution < 1.29 is 0 Å². The van der Waals surface area contributed by atoms with Crippen LogP contribution in [0.5, 0.6) is 0 Å². The molecule has 0 bridgehead atoms. The Kier molecular flexibility index (Phi) is 5.16. The lowest BCUT2D eigenvalue weighted by Crippen LogP contribution is -2.35. The monoisotopic (exact) mass is 350 g/mol. The van der Waals surface area contributed by atoms with Gasteiger partial charge in [0.15, 0.2) is 5.96 Å². The van der Waals surface area contributed by atoms with E-state index in [4.69, 9.17) is 5.73 Å². The minimum Gasteiger partial charge on any atom is -0.370 e. The van der Waals surface area contributed by atoms with E-state index in [-0.39, 0.29) is 24.0 Å². The zero-order valence-electron chi connectivity index (χ0n) is 10.2. The Labute approximate surface area is 118 Å². The zero-order chi connectivity index (χ0) is 11.5. The smallest absolute Gasteiger partial charge is 0.191 e. The Balaban J connectivity index is 0.00000144. The van der Waals surface area contributed by atoms with Crippen molar-refractivity contribution >= 4 is 29.9 Å². The average Bonchev–Trinajstić information content (AvgIpc) is 3.04. The first-order valence-corrected chi connectivity index (χ1v) is 5.61. The normalized spacial score (nSPS) is 15.5. The molecule has 1 saturated carbocycles. The van der Waals surface area contributed by atoms with Gasteiger partial charge in [0, 0.05) is 19.6 Å². The van der Waals surface area contributed by atoms with Gasteiger partial charge in [0.2, 0.25) is 0 Å². The summed E-state index contributed by atoms with van der Waals surface area (Å²) in [4.78, 5) is 10.5. The second-order valence-corrected chi connectivity index (χ2v) is 4.01. The number of halogens is 1. The van der Waals surface area contributed by atoms with Crippen LogP contribution in [0.3, 0.4) is 0 Å². The molecule has 0 aromatic carbocycles. The van der Waals surface area contributed by atoms with Crippen molar-refractivity contribution in [1.82, 2.24) is 19.7 Å². The predicted molar refractivity (Wildman–Crippen MR) is 77.2 cm³/mol. The largest absolute Gasteiger partial charge is 0.370 e. The summed E-state index contributed by atoms with van der Waals surface area (Å²) in [5, 5.41) is 4.09. The van der Waals surface area contributed by atoms with Gasteiger partial charge in [-0.25, -0.2) is 14.7 Å². The quantitative estimate of drug-likeness (QED) is 0.496. The number of hydrogen-bond acceptors (Lipinski definition) is 3. The molecule has 0 atom stereocenters. The van der Waals surface area contributed by atoms with Gasteiger partial charge in [-0.1, -0.05) is 0 Å². The van der Waals surface area contributed by atoms with E-state index in [1.807, 2.05) is 23.6 Å². The summed E-state index contributed by atoms with van der Waals surface area (Å²) in [7, 11) is 1.99. The molecule has 0 radical (unpaired) electrons. The van der Waals surface area contributed by atoms with Gasteiger partial charge in [0.1, 0.15) is 18.7 Å². The second kappa shape index (κ2) is 6.18. The van der Waals surface area contributed by atoms with Gasteiger partial charge in [-0.15, -0.1) is 24.0 Å². The number of aliphatic imine (C=N–C) groups is 1. The summed E-state index contributed by atoms with van der Waals surface area (Å²) >= 11 is 0. The molecule has 2 N–H and O–H groups in total. The first kappa shape index (κ1) is 14.2. The molecule has 0 amide bonds. The van der Waals surface area contributed by atoms with Crippen LogP contribution in [0, 0.1) is 0 Å². The van der Waals surface area contributed by atoms with E-state index in [9.17, 15) is 0 Å². The minimum absolute atomic E-state index is 0. The van der Waals surface area contributed by atoms with Crippen molar-refractivity contribution in [2.75, 3.05) is 7.05 Å². The predicted octanol–water partition coefficient (Wildman–Crippen LogP) is 0.825. The van der Waals surface area contributed by atoms with Gasteiger partial charge in [-0.3, -0.25) is 0 Å². The van der Waals surface area contributed by atoms with Gasteiger partial charge in [0.05, 0.1) is 0 Å².